The number of hydrogen-bond donors (Lipinski definition) is 4. The van der Waals surface area contributed by atoms with Gasteiger partial charge in [-0.25, -0.2) is 14.2 Å². The molecule has 0 saturated carbocycles. The van der Waals surface area contributed by atoms with Gasteiger partial charge in [0, 0.05) is 19.5 Å². The summed E-state index contributed by atoms with van der Waals surface area (Å²) in [7, 11) is 0. The van der Waals surface area contributed by atoms with Gasteiger partial charge in [0.05, 0.1) is 17.6 Å². The molecule has 1 aromatic heterocycles. The number of fused-ring (bicyclic) bond motifs is 1. The fourth-order valence-corrected chi connectivity index (χ4v) is 1.84. The number of aromatic nitrogens is 2. The largest absolute Gasteiger partial charge is 0.395 e. The molecular weight excluding hydrogens is 263 g/mol. The summed E-state index contributed by atoms with van der Waals surface area (Å²) in [5.74, 6) is 0.470. The first-order valence-corrected chi connectivity index (χ1v) is 6.46. The van der Waals surface area contributed by atoms with E-state index in [9.17, 15) is 9.18 Å². The highest BCUT2D eigenvalue weighted by Crippen LogP contribution is 2.13. The van der Waals surface area contributed by atoms with Crippen LogP contribution in [-0.4, -0.2) is 40.8 Å². The minimum atomic E-state index is -0.300. The number of rotatable bonds is 6. The fourth-order valence-electron chi connectivity index (χ4n) is 1.84. The highest BCUT2D eigenvalue weighted by Gasteiger charge is 2.04. The van der Waals surface area contributed by atoms with Crippen molar-refractivity contribution < 1.29 is 14.3 Å². The highest BCUT2D eigenvalue weighted by atomic mass is 19.1. The molecule has 6 nitrogen and oxygen atoms in total. The number of carbonyl (C=O) groups is 1. The first kappa shape index (κ1) is 14.3. The van der Waals surface area contributed by atoms with Crippen molar-refractivity contribution in [1.29, 1.82) is 0 Å². The third-order valence-corrected chi connectivity index (χ3v) is 2.77. The maximum absolute atomic E-state index is 13.0. The molecule has 0 aliphatic carbocycles. The van der Waals surface area contributed by atoms with Gasteiger partial charge < -0.3 is 20.7 Å². The zero-order valence-electron chi connectivity index (χ0n) is 10.9. The minimum Gasteiger partial charge on any atom is -0.395 e. The smallest absolute Gasteiger partial charge is 0.314 e. The van der Waals surface area contributed by atoms with Gasteiger partial charge in [0.2, 0.25) is 0 Å². The number of aliphatic hydroxyl groups excluding tert-OH is 1. The molecule has 0 radical (unpaired) electrons. The van der Waals surface area contributed by atoms with Crippen molar-refractivity contribution in [1.82, 2.24) is 20.6 Å². The monoisotopic (exact) mass is 280 g/mol. The van der Waals surface area contributed by atoms with Crippen molar-refractivity contribution in [2.45, 2.75) is 12.8 Å². The van der Waals surface area contributed by atoms with Crippen LogP contribution in [0.5, 0.6) is 0 Å². The van der Waals surface area contributed by atoms with E-state index in [0.29, 0.717) is 18.5 Å². The first-order valence-electron chi connectivity index (χ1n) is 6.46. The van der Waals surface area contributed by atoms with Crippen molar-refractivity contribution in [2.75, 3.05) is 19.7 Å². The van der Waals surface area contributed by atoms with Crippen LogP contribution < -0.4 is 10.6 Å². The molecule has 1 aromatic carbocycles. The molecule has 0 unspecified atom stereocenters. The summed E-state index contributed by atoms with van der Waals surface area (Å²) in [6, 6.07) is 4.11. The Labute approximate surface area is 115 Å². The summed E-state index contributed by atoms with van der Waals surface area (Å²) in [6.07, 6.45) is 1.38. The molecule has 2 rings (SSSR count). The molecule has 0 atom stereocenters. The lowest BCUT2D eigenvalue weighted by molar-refractivity contribution is 0.234. The number of nitrogens with zero attached hydrogens (tertiary/aromatic N) is 1. The van der Waals surface area contributed by atoms with E-state index < -0.39 is 0 Å². The molecule has 2 aromatic rings. The van der Waals surface area contributed by atoms with Crippen LogP contribution in [0.1, 0.15) is 12.2 Å². The highest BCUT2D eigenvalue weighted by molar-refractivity contribution is 5.75. The molecule has 0 aliphatic heterocycles. The van der Waals surface area contributed by atoms with Crippen LogP contribution >= 0.6 is 0 Å². The van der Waals surface area contributed by atoms with E-state index in [1.165, 1.54) is 12.1 Å². The molecule has 108 valence electrons. The van der Waals surface area contributed by atoms with E-state index in [1.807, 2.05) is 0 Å². The maximum atomic E-state index is 13.0. The number of H-pyrrole nitrogens is 1. The number of nitrogens with one attached hydrogen (secondary N) is 3. The van der Waals surface area contributed by atoms with E-state index in [0.717, 1.165) is 17.8 Å². The minimum absolute atomic E-state index is 0.0804. The fraction of sp³-hybridized carbons (Fsp3) is 0.385. The average molecular weight is 280 g/mol. The number of hydrogen-bond acceptors (Lipinski definition) is 3. The van der Waals surface area contributed by atoms with Gasteiger partial charge in [-0.2, -0.15) is 0 Å². The van der Waals surface area contributed by atoms with Crippen molar-refractivity contribution in [2.24, 2.45) is 0 Å². The maximum Gasteiger partial charge on any atom is 0.314 e. The number of imidazole rings is 1. The number of aliphatic hydroxyl groups is 1. The van der Waals surface area contributed by atoms with Crippen LogP contribution in [0, 0.1) is 5.82 Å². The zero-order valence-corrected chi connectivity index (χ0v) is 10.9. The van der Waals surface area contributed by atoms with Gasteiger partial charge in [-0.3, -0.25) is 0 Å². The van der Waals surface area contributed by atoms with Gasteiger partial charge in [0.15, 0.2) is 0 Å². The van der Waals surface area contributed by atoms with E-state index >= 15 is 0 Å². The molecule has 0 spiro atoms. The van der Waals surface area contributed by atoms with Gasteiger partial charge >= 0.3 is 6.03 Å². The predicted octanol–water partition coefficient (Wildman–Crippen LogP) is 0.926. The Morgan fingerprint density at radius 1 is 1.35 bits per heavy atom. The summed E-state index contributed by atoms with van der Waals surface area (Å²) >= 11 is 0. The molecule has 20 heavy (non-hydrogen) atoms. The van der Waals surface area contributed by atoms with Gasteiger partial charge in [-0.1, -0.05) is 0 Å². The second-order valence-corrected chi connectivity index (χ2v) is 4.35. The van der Waals surface area contributed by atoms with Gasteiger partial charge in [-0.05, 0) is 24.6 Å². The summed E-state index contributed by atoms with van der Waals surface area (Å²) < 4.78 is 13.0. The quantitative estimate of drug-likeness (QED) is 0.593. The summed E-state index contributed by atoms with van der Waals surface area (Å²) in [5, 5.41) is 13.7. The van der Waals surface area contributed by atoms with Crippen LogP contribution in [0.2, 0.25) is 0 Å². The molecule has 7 heteroatoms. The van der Waals surface area contributed by atoms with E-state index in [2.05, 4.69) is 20.6 Å². The Morgan fingerprint density at radius 3 is 2.95 bits per heavy atom. The Kier molecular flexibility index (Phi) is 4.89. The van der Waals surface area contributed by atoms with Gasteiger partial charge in [-0.15, -0.1) is 0 Å². The van der Waals surface area contributed by atoms with Crippen LogP contribution in [-0.2, 0) is 6.42 Å². The molecule has 1 heterocycles. The summed E-state index contributed by atoms with van der Waals surface area (Å²) in [4.78, 5) is 18.6. The lowest BCUT2D eigenvalue weighted by Gasteiger charge is -2.05. The Bertz CT molecular complexity index is 585. The van der Waals surface area contributed by atoms with Gasteiger partial charge in [0.25, 0.3) is 0 Å². The molecule has 0 fully saturated rings. The third-order valence-electron chi connectivity index (χ3n) is 2.77. The molecule has 4 N–H and O–H groups in total. The SMILES string of the molecule is O=C(NCCO)NCCCc1nc2ccc(F)cc2[nH]1. The van der Waals surface area contributed by atoms with Crippen LogP contribution in [0.4, 0.5) is 9.18 Å². The predicted molar refractivity (Wildman–Crippen MR) is 72.9 cm³/mol. The van der Waals surface area contributed by atoms with E-state index in [-0.39, 0.29) is 25.0 Å². The standard InChI is InChI=1S/C13H17FN4O2/c14-9-3-4-10-11(8-9)18-12(17-10)2-1-5-15-13(20)16-6-7-19/h3-4,8,19H,1-2,5-7H2,(H,17,18)(H2,15,16,20). The van der Waals surface area contributed by atoms with Gasteiger partial charge in [0.1, 0.15) is 11.6 Å². The number of benzene rings is 1. The van der Waals surface area contributed by atoms with Crippen molar-refractivity contribution in [3.8, 4) is 0 Å². The van der Waals surface area contributed by atoms with Crippen molar-refractivity contribution >= 4 is 17.1 Å². The second kappa shape index (κ2) is 6.85. The summed E-state index contributed by atoms with van der Waals surface area (Å²) in [6.45, 7) is 0.659. The molecular formula is C13H17FN4O2. The molecule has 0 aliphatic rings. The first-order chi connectivity index (χ1) is 9.69. The molecule has 2 amide bonds. The lowest BCUT2D eigenvalue weighted by Crippen LogP contribution is -2.37. The number of halogens is 1. The second-order valence-electron chi connectivity index (χ2n) is 4.35. The topological polar surface area (TPSA) is 90.0 Å². The van der Waals surface area contributed by atoms with Crippen molar-refractivity contribution in [3.63, 3.8) is 0 Å². The number of amides is 2. The number of aryl methyl sites for hydroxylation is 1. The summed E-state index contributed by atoms with van der Waals surface area (Å²) in [5.41, 5.74) is 1.41. The molecule has 0 saturated heterocycles. The lowest BCUT2D eigenvalue weighted by atomic mass is 10.3. The van der Waals surface area contributed by atoms with Crippen LogP contribution in [0.3, 0.4) is 0 Å². The van der Waals surface area contributed by atoms with Crippen LogP contribution in [0.15, 0.2) is 18.2 Å². The zero-order chi connectivity index (χ0) is 14.4. The normalized spacial score (nSPS) is 10.7. The molecule has 0 bridgehead atoms. The Hall–Kier alpha value is -2.15. The average Bonchev–Trinajstić information content (AvgIpc) is 2.83. The van der Waals surface area contributed by atoms with Crippen LogP contribution in [0.25, 0.3) is 11.0 Å². The van der Waals surface area contributed by atoms with E-state index in [1.54, 1.807) is 6.07 Å². The Morgan fingerprint density at radius 2 is 2.15 bits per heavy atom. The Balaban J connectivity index is 1.77. The third kappa shape index (κ3) is 3.92. The number of aromatic amines is 1. The number of carbonyl (C=O) groups excluding carboxylic acids is 1. The number of urea groups is 1. The van der Waals surface area contributed by atoms with E-state index in [4.69, 9.17) is 5.11 Å². The van der Waals surface area contributed by atoms with Crippen molar-refractivity contribution in [3.05, 3.63) is 29.8 Å².